The van der Waals surface area contributed by atoms with Gasteiger partial charge in [0.25, 0.3) is 0 Å². The highest BCUT2D eigenvalue weighted by atomic mass is 16.5. The molecule has 2 heteroatoms. The fraction of sp³-hybridized carbons (Fsp3) is 0.727. The second-order valence-electron chi connectivity index (χ2n) is 3.93. The molecule has 0 N–H and O–H groups in total. The van der Waals surface area contributed by atoms with Crippen molar-refractivity contribution in [2.24, 2.45) is 11.8 Å². The molecule has 1 aliphatic rings. The van der Waals surface area contributed by atoms with Crippen LogP contribution < -0.4 is 0 Å². The molecule has 0 saturated heterocycles. The minimum atomic E-state index is -0.201. The quantitative estimate of drug-likeness (QED) is 0.484. The molecular formula is C11H18O2. The predicted octanol–water partition coefficient (Wildman–Crippen LogP) is 2.54. The van der Waals surface area contributed by atoms with Crippen molar-refractivity contribution in [1.29, 1.82) is 0 Å². The lowest BCUT2D eigenvalue weighted by atomic mass is 10.0. The van der Waals surface area contributed by atoms with Crippen molar-refractivity contribution in [3.8, 4) is 0 Å². The second kappa shape index (κ2) is 4.45. The molecule has 0 amide bonds. The van der Waals surface area contributed by atoms with Gasteiger partial charge in [0, 0.05) is 6.08 Å². The Bertz CT molecular complexity index is 198. The number of ether oxygens (including phenoxy) is 1. The molecule has 1 unspecified atom stereocenters. The summed E-state index contributed by atoms with van der Waals surface area (Å²) in [5.74, 6) is 0.835. The summed E-state index contributed by atoms with van der Waals surface area (Å²) in [6, 6.07) is 0. The van der Waals surface area contributed by atoms with Crippen LogP contribution >= 0.6 is 0 Å². The molecule has 0 radical (unpaired) electrons. The van der Waals surface area contributed by atoms with Crippen LogP contribution in [0.25, 0.3) is 0 Å². The van der Waals surface area contributed by atoms with E-state index in [2.05, 4.69) is 13.8 Å². The van der Waals surface area contributed by atoms with Crippen molar-refractivity contribution in [3.05, 3.63) is 12.2 Å². The van der Waals surface area contributed by atoms with Crippen molar-refractivity contribution in [2.45, 2.75) is 39.7 Å². The normalized spacial score (nSPS) is 33.9. The Morgan fingerprint density at radius 1 is 1.31 bits per heavy atom. The van der Waals surface area contributed by atoms with E-state index >= 15 is 0 Å². The van der Waals surface area contributed by atoms with Crippen molar-refractivity contribution in [2.75, 3.05) is 0 Å². The van der Waals surface area contributed by atoms with Gasteiger partial charge in [-0.05, 0) is 31.6 Å². The second-order valence-corrected chi connectivity index (χ2v) is 3.93. The first kappa shape index (κ1) is 10.3. The maximum Gasteiger partial charge on any atom is 0.330 e. The molecule has 0 bridgehead atoms. The Morgan fingerprint density at radius 2 is 1.85 bits per heavy atom. The summed E-state index contributed by atoms with van der Waals surface area (Å²) in [5, 5.41) is 0. The van der Waals surface area contributed by atoms with E-state index in [1.807, 2.05) is 6.92 Å². The number of carbonyl (C=O) groups is 1. The maximum atomic E-state index is 11.2. The minimum Gasteiger partial charge on any atom is -0.459 e. The number of hydrogen-bond donors (Lipinski definition) is 0. The smallest absolute Gasteiger partial charge is 0.330 e. The van der Waals surface area contributed by atoms with Crippen LogP contribution in [0.3, 0.4) is 0 Å². The topological polar surface area (TPSA) is 26.3 Å². The molecule has 3 atom stereocenters. The molecule has 13 heavy (non-hydrogen) atoms. The summed E-state index contributed by atoms with van der Waals surface area (Å²) in [7, 11) is 0. The van der Waals surface area contributed by atoms with Crippen LogP contribution in [0.2, 0.25) is 0 Å². The summed E-state index contributed by atoms with van der Waals surface area (Å²) in [6.45, 7) is 6.12. The van der Waals surface area contributed by atoms with Gasteiger partial charge in [-0.2, -0.15) is 0 Å². The van der Waals surface area contributed by atoms with E-state index in [0.29, 0.717) is 11.8 Å². The lowest BCUT2D eigenvalue weighted by Gasteiger charge is -2.19. The first-order valence-corrected chi connectivity index (χ1v) is 4.98. The molecule has 0 aliphatic heterocycles. The van der Waals surface area contributed by atoms with E-state index in [0.717, 1.165) is 0 Å². The lowest BCUT2D eigenvalue weighted by Crippen LogP contribution is -2.24. The van der Waals surface area contributed by atoms with E-state index in [9.17, 15) is 4.79 Å². The predicted molar refractivity (Wildman–Crippen MR) is 52.3 cm³/mol. The molecule has 0 spiro atoms. The number of esters is 1. The van der Waals surface area contributed by atoms with Gasteiger partial charge in [-0.1, -0.05) is 19.9 Å². The lowest BCUT2D eigenvalue weighted by molar-refractivity contribution is -0.146. The van der Waals surface area contributed by atoms with Gasteiger partial charge < -0.3 is 4.74 Å². The van der Waals surface area contributed by atoms with Crippen molar-refractivity contribution >= 4 is 5.97 Å². The van der Waals surface area contributed by atoms with Gasteiger partial charge in [0.15, 0.2) is 0 Å². The minimum absolute atomic E-state index is 0.128. The van der Waals surface area contributed by atoms with Crippen LogP contribution in [0.15, 0.2) is 12.2 Å². The molecule has 1 rings (SSSR count). The van der Waals surface area contributed by atoms with Crippen LogP contribution in [-0.4, -0.2) is 12.1 Å². The summed E-state index contributed by atoms with van der Waals surface area (Å²) in [6.07, 6.45) is 5.68. The van der Waals surface area contributed by atoms with Gasteiger partial charge in [-0.3, -0.25) is 0 Å². The van der Waals surface area contributed by atoms with Crippen molar-refractivity contribution in [1.82, 2.24) is 0 Å². The highest BCUT2D eigenvalue weighted by molar-refractivity contribution is 5.81. The molecule has 0 heterocycles. The van der Waals surface area contributed by atoms with E-state index in [-0.39, 0.29) is 12.1 Å². The first-order chi connectivity index (χ1) is 6.15. The molecular weight excluding hydrogens is 164 g/mol. The number of carbonyl (C=O) groups excluding carboxylic acids is 1. The van der Waals surface area contributed by atoms with Gasteiger partial charge >= 0.3 is 5.97 Å². The van der Waals surface area contributed by atoms with Gasteiger partial charge in [-0.15, -0.1) is 0 Å². The standard InChI is InChI=1S/C11H18O2/c1-4-5-10(12)13-11-8(2)6-7-9(11)3/h4-5,8-9,11H,6-7H2,1-3H3/b5-4+/t8-,9+,11?. The Morgan fingerprint density at radius 3 is 2.31 bits per heavy atom. The summed E-state index contributed by atoms with van der Waals surface area (Å²) >= 11 is 0. The molecule has 0 aromatic heterocycles. The number of rotatable bonds is 2. The van der Waals surface area contributed by atoms with Crippen LogP contribution in [-0.2, 0) is 9.53 Å². The zero-order valence-corrected chi connectivity index (χ0v) is 8.62. The van der Waals surface area contributed by atoms with Crippen LogP contribution in [0, 0.1) is 11.8 Å². The Labute approximate surface area is 80.0 Å². The molecule has 1 fully saturated rings. The maximum absolute atomic E-state index is 11.2. The first-order valence-electron chi connectivity index (χ1n) is 4.98. The monoisotopic (exact) mass is 182 g/mol. The van der Waals surface area contributed by atoms with Gasteiger partial charge in [0.05, 0.1) is 0 Å². The van der Waals surface area contributed by atoms with Crippen molar-refractivity contribution in [3.63, 3.8) is 0 Å². The fourth-order valence-corrected chi connectivity index (χ4v) is 1.96. The molecule has 2 nitrogen and oxygen atoms in total. The number of hydrogen-bond acceptors (Lipinski definition) is 2. The SMILES string of the molecule is C/C=C/C(=O)OC1[C@H](C)CC[C@@H]1C. The third kappa shape index (κ3) is 2.58. The summed E-state index contributed by atoms with van der Waals surface area (Å²) in [5.41, 5.74) is 0. The van der Waals surface area contributed by atoms with Gasteiger partial charge in [-0.25, -0.2) is 4.79 Å². The highest BCUT2D eigenvalue weighted by Crippen LogP contribution is 2.32. The number of allylic oxidation sites excluding steroid dienone is 1. The van der Waals surface area contributed by atoms with E-state index in [1.165, 1.54) is 18.9 Å². The van der Waals surface area contributed by atoms with E-state index < -0.39 is 0 Å². The van der Waals surface area contributed by atoms with Crippen LogP contribution in [0.1, 0.15) is 33.6 Å². The highest BCUT2D eigenvalue weighted by Gasteiger charge is 2.32. The molecule has 1 saturated carbocycles. The molecule has 0 aromatic carbocycles. The van der Waals surface area contributed by atoms with E-state index in [4.69, 9.17) is 4.74 Å². The third-order valence-electron chi connectivity index (χ3n) is 2.75. The largest absolute Gasteiger partial charge is 0.459 e. The zero-order chi connectivity index (χ0) is 9.84. The van der Waals surface area contributed by atoms with Crippen molar-refractivity contribution < 1.29 is 9.53 Å². The van der Waals surface area contributed by atoms with Gasteiger partial charge in [0.2, 0.25) is 0 Å². The third-order valence-corrected chi connectivity index (χ3v) is 2.75. The zero-order valence-electron chi connectivity index (χ0n) is 8.62. The summed E-state index contributed by atoms with van der Waals surface area (Å²) in [4.78, 5) is 11.2. The van der Waals surface area contributed by atoms with Crippen LogP contribution in [0.5, 0.6) is 0 Å². The molecule has 74 valence electrons. The summed E-state index contributed by atoms with van der Waals surface area (Å²) < 4.78 is 5.35. The molecule has 0 aromatic rings. The Balaban J connectivity index is 2.47. The molecule has 1 aliphatic carbocycles. The Hall–Kier alpha value is -0.790. The average Bonchev–Trinajstić information content (AvgIpc) is 2.36. The van der Waals surface area contributed by atoms with E-state index in [1.54, 1.807) is 6.08 Å². The van der Waals surface area contributed by atoms with Gasteiger partial charge in [0.1, 0.15) is 6.10 Å². The van der Waals surface area contributed by atoms with Crippen LogP contribution in [0.4, 0.5) is 0 Å². The average molecular weight is 182 g/mol. The fourth-order valence-electron chi connectivity index (χ4n) is 1.96. The Kier molecular flexibility index (Phi) is 3.52.